The van der Waals surface area contributed by atoms with Crippen LogP contribution in [0.15, 0.2) is 12.3 Å². The number of rotatable bonds is 1. The summed E-state index contributed by atoms with van der Waals surface area (Å²) in [5, 5.41) is 4.23. The van der Waals surface area contributed by atoms with E-state index >= 15 is 0 Å². The van der Waals surface area contributed by atoms with E-state index in [9.17, 15) is 4.79 Å². The molecular formula is C17H25N5O2. The van der Waals surface area contributed by atoms with Crippen LogP contribution in [0.5, 0.6) is 0 Å². The number of ether oxygens (including phenoxy) is 1. The SMILES string of the molecule is Cc1cnn2c(N)cc(C3CCCN(C(=O)OC(C)(C)C)C3)nc12. The second-order valence-corrected chi connectivity index (χ2v) is 7.43. The van der Waals surface area contributed by atoms with Crippen molar-refractivity contribution in [1.82, 2.24) is 19.5 Å². The number of carbonyl (C=O) groups is 1. The number of hydrogen-bond donors (Lipinski definition) is 1. The monoisotopic (exact) mass is 331 g/mol. The van der Waals surface area contributed by atoms with Crippen LogP contribution in [0.3, 0.4) is 0 Å². The third-order valence-corrected chi connectivity index (χ3v) is 4.19. The van der Waals surface area contributed by atoms with Crippen LogP contribution in [0.25, 0.3) is 5.65 Å². The number of carbonyl (C=O) groups excluding carboxylic acids is 1. The molecule has 24 heavy (non-hydrogen) atoms. The third kappa shape index (κ3) is 3.29. The lowest BCUT2D eigenvalue weighted by molar-refractivity contribution is 0.0197. The van der Waals surface area contributed by atoms with Crippen LogP contribution in [0.1, 0.15) is 50.8 Å². The van der Waals surface area contributed by atoms with Gasteiger partial charge in [-0.15, -0.1) is 0 Å². The van der Waals surface area contributed by atoms with Gasteiger partial charge in [0.25, 0.3) is 0 Å². The number of anilines is 1. The van der Waals surface area contributed by atoms with Crippen molar-refractivity contribution in [3.63, 3.8) is 0 Å². The smallest absolute Gasteiger partial charge is 0.410 e. The minimum Gasteiger partial charge on any atom is -0.444 e. The van der Waals surface area contributed by atoms with E-state index in [1.54, 1.807) is 15.6 Å². The summed E-state index contributed by atoms with van der Waals surface area (Å²) in [7, 11) is 0. The van der Waals surface area contributed by atoms with Crippen molar-refractivity contribution in [2.24, 2.45) is 0 Å². The Bertz CT molecular complexity index is 762. The normalized spacial score (nSPS) is 18.8. The van der Waals surface area contributed by atoms with E-state index in [2.05, 4.69) is 5.10 Å². The number of nitrogens with zero attached hydrogens (tertiary/aromatic N) is 4. The molecule has 0 saturated carbocycles. The highest BCUT2D eigenvalue weighted by molar-refractivity contribution is 5.68. The highest BCUT2D eigenvalue weighted by atomic mass is 16.6. The van der Waals surface area contributed by atoms with Crippen molar-refractivity contribution in [3.05, 3.63) is 23.5 Å². The zero-order chi connectivity index (χ0) is 17.5. The Morgan fingerprint density at radius 3 is 2.88 bits per heavy atom. The van der Waals surface area contributed by atoms with E-state index in [0.29, 0.717) is 12.4 Å². The van der Waals surface area contributed by atoms with Gasteiger partial charge in [-0.05, 0) is 40.5 Å². The molecule has 0 bridgehead atoms. The van der Waals surface area contributed by atoms with Gasteiger partial charge < -0.3 is 15.4 Å². The van der Waals surface area contributed by atoms with Crippen molar-refractivity contribution < 1.29 is 9.53 Å². The number of aryl methyl sites for hydroxylation is 1. The summed E-state index contributed by atoms with van der Waals surface area (Å²) in [6.07, 6.45) is 3.40. The van der Waals surface area contributed by atoms with Crippen LogP contribution in [-0.4, -0.2) is 44.3 Å². The van der Waals surface area contributed by atoms with E-state index in [1.807, 2.05) is 33.8 Å². The molecule has 3 heterocycles. The van der Waals surface area contributed by atoms with Crippen LogP contribution in [0.4, 0.5) is 10.6 Å². The van der Waals surface area contributed by atoms with Crippen molar-refractivity contribution in [2.45, 2.75) is 52.1 Å². The fraction of sp³-hybridized carbons (Fsp3) is 0.588. The first kappa shape index (κ1) is 16.5. The van der Waals surface area contributed by atoms with Crippen LogP contribution < -0.4 is 5.73 Å². The molecule has 0 aromatic carbocycles. The summed E-state index contributed by atoms with van der Waals surface area (Å²) in [6.45, 7) is 8.92. The number of hydrogen-bond acceptors (Lipinski definition) is 5. The molecule has 1 aliphatic heterocycles. The molecule has 2 aromatic heterocycles. The van der Waals surface area contributed by atoms with Gasteiger partial charge >= 0.3 is 6.09 Å². The average Bonchev–Trinajstić information content (AvgIpc) is 2.88. The van der Waals surface area contributed by atoms with Crippen LogP contribution in [0, 0.1) is 6.92 Å². The first-order valence-electron chi connectivity index (χ1n) is 8.33. The Morgan fingerprint density at radius 1 is 1.42 bits per heavy atom. The van der Waals surface area contributed by atoms with Gasteiger partial charge in [-0.2, -0.15) is 9.61 Å². The predicted octanol–water partition coefficient (Wildman–Crippen LogP) is 2.73. The molecule has 1 fully saturated rings. The third-order valence-electron chi connectivity index (χ3n) is 4.19. The highest BCUT2D eigenvalue weighted by Crippen LogP contribution is 2.28. The van der Waals surface area contributed by atoms with Crippen molar-refractivity contribution in [2.75, 3.05) is 18.8 Å². The fourth-order valence-electron chi connectivity index (χ4n) is 3.04. The fourth-order valence-corrected chi connectivity index (χ4v) is 3.04. The summed E-state index contributed by atoms with van der Waals surface area (Å²) in [5.74, 6) is 0.727. The van der Waals surface area contributed by atoms with Gasteiger partial charge in [0.05, 0.1) is 11.9 Å². The summed E-state index contributed by atoms with van der Waals surface area (Å²) < 4.78 is 7.14. The molecular weight excluding hydrogens is 306 g/mol. The first-order valence-corrected chi connectivity index (χ1v) is 8.33. The molecule has 3 rings (SSSR count). The summed E-state index contributed by atoms with van der Waals surface area (Å²) in [4.78, 5) is 18.8. The average molecular weight is 331 g/mol. The van der Waals surface area contributed by atoms with E-state index in [0.717, 1.165) is 36.3 Å². The molecule has 2 aromatic rings. The molecule has 7 nitrogen and oxygen atoms in total. The summed E-state index contributed by atoms with van der Waals surface area (Å²) >= 11 is 0. The van der Waals surface area contributed by atoms with Crippen molar-refractivity contribution >= 4 is 17.6 Å². The number of nitrogen functional groups attached to an aromatic ring is 1. The maximum atomic E-state index is 12.3. The van der Waals surface area contributed by atoms with E-state index < -0.39 is 5.60 Å². The van der Waals surface area contributed by atoms with Crippen molar-refractivity contribution in [1.29, 1.82) is 0 Å². The van der Waals surface area contributed by atoms with Gasteiger partial charge in [0, 0.05) is 30.6 Å². The second kappa shape index (κ2) is 5.96. The lowest BCUT2D eigenvalue weighted by Crippen LogP contribution is -2.42. The zero-order valence-corrected chi connectivity index (χ0v) is 14.7. The van der Waals surface area contributed by atoms with E-state index in [1.165, 1.54) is 0 Å². The van der Waals surface area contributed by atoms with E-state index in [-0.39, 0.29) is 12.0 Å². The topological polar surface area (TPSA) is 85.8 Å². The van der Waals surface area contributed by atoms with Gasteiger partial charge in [0.15, 0.2) is 5.65 Å². The van der Waals surface area contributed by atoms with Gasteiger partial charge in [-0.3, -0.25) is 0 Å². The number of piperidine rings is 1. The van der Waals surface area contributed by atoms with Crippen LogP contribution >= 0.6 is 0 Å². The Balaban J connectivity index is 1.82. The Morgan fingerprint density at radius 2 is 2.17 bits per heavy atom. The largest absolute Gasteiger partial charge is 0.444 e. The van der Waals surface area contributed by atoms with Crippen LogP contribution in [0.2, 0.25) is 0 Å². The number of amides is 1. The molecule has 7 heteroatoms. The molecule has 0 radical (unpaired) electrons. The maximum absolute atomic E-state index is 12.3. The lowest BCUT2D eigenvalue weighted by atomic mass is 9.94. The molecule has 1 amide bonds. The standard InChI is InChI=1S/C17H25N5O2/c1-11-9-19-22-14(18)8-13(20-15(11)22)12-6-5-7-21(10-12)16(23)24-17(2,3)4/h8-9,12H,5-7,10,18H2,1-4H3. The quantitative estimate of drug-likeness (QED) is 0.868. The number of fused-ring (bicyclic) bond motifs is 1. The molecule has 2 N–H and O–H groups in total. The van der Waals surface area contributed by atoms with E-state index in [4.69, 9.17) is 15.5 Å². The lowest BCUT2D eigenvalue weighted by Gasteiger charge is -2.34. The van der Waals surface area contributed by atoms with Gasteiger partial charge in [-0.25, -0.2) is 9.78 Å². The van der Waals surface area contributed by atoms with Gasteiger partial charge in [-0.1, -0.05) is 0 Å². The number of nitrogens with two attached hydrogens (primary N) is 1. The summed E-state index contributed by atoms with van der Waals surface area (Å²) in [5.41, 5.74) is 8.30. The minimum atomic E-state index is -0.486. The van der Waals surface area contributed by atoms with Crippen molar-refractivity contribution in [3.8, 4) is 0 Å². The van der Waals surface area contributed by atoms with Gasteiger partial charge in [0.1, 0.15) is 11.4 Å². The summed E-state index contributed by atoms with van der Waals surface area (Å²) in [6, 6.07) is 1.86. The molecule has 1 saturated heterocycles. The molecule has 0 aliphatic carbocycles. The highest BCUT2D eigenvalue weighted by Gasteiger charge is 2.29. The van der Waals surface area contributed by atoms with Gasteiger partial charge in [0.2, 0.25) is 0 Å². The Hall–Kier alpha value is -2.31. The Labute approximate surface area is 141 Å². The molecule has 1 unspecified atom stereocenters. The second-order valence-electron chi connectivity index (χ2n) is 7.43. The molecule has 0 spiro atoms. The minimum absolute atomic E-state index is 0.160. The number of likely N-dealkylation sites (tertiary alicyclic amines) is 1. The van der Waals surface area contributed by atoms with Crippen LogP contribution in [-0.2, 0) is 4.74 Å². The Kier molecular flexibility index (Phi) is 4.11. The zero-order valence-electron chi connectivity index (χ0n) is 14.7. The molecule has 130 valence electrons. The molecule has 1 atom stereocenters. The number of aromatic nitrogens is 3. The predicted molar refractivity (Wildman–Crippen MR) is 91.9 cm³/mol. The maximum Gasteiger partial charge on any atom is 0.410 e. The first-order chi connectivity index (χ1) is 11.2. The molecule has 1 aliphatic rings.